The largest absolute Gasteiger partial charge is 0.326 e. The fourth-order valence-electron chi connectivity index (χ4n) is 3.28. The zero-order valence-corrected chi connectivity index (χ0v) is 14.7. The van der Waals surface area contributed by atoms with Crippen molar-refractivity contribution in [3.05, 3.63) is 64.6 Å². The Balaban J connectivity index is 1.73. The van der Waals surface area contributed by atoms with E-state index in [1.807, 2.05) is 45.2 Å². The van der Waals surface area contributed by atoms with E-state index in [-0.39, 0.29) is 5.91 Å². The minimum Gasteiger partial charge on any atom is -0.326 e. The molecular weight excluding hydrogens is 298 g/mol. The summed E-state index contributed by atoms with van der Waals surface area (Å²) in [4.78, 5) is 16.9. The van der Waals surface area contributed by atoms with E-state index in [0.717, 1.165) is 33.8 Å². The van der Waals surface area contributed by atoms with E-state index in [2.05, 4.69) is 33.8 Å². The molecular formula is C20H23N3O. The van der Waals surface area contributed by atoms with Gasteiger partial charge in [0.25, 0.3) is 0 Å². The standard InChI is InChI=1S/C20H23N3O/c1-13-11-14(2)20(15(3)12-13)22-19(24)9-8-17-16(4)21-18-7-5-6-10-23(17)18/h5-7,10-12H,8-9H2,1-4H3,(H,22,24). The lowest BCUT2D eigenvalue weighted by atomic mass is 10.0. The van der Waals surface area contributed by atoms with E-state index in [1.165, 1.54) is 5.56 Å². The quantitative estimate of drug-likeness (QED) is 0.785. The molecule has 2 aromatic heterocycles. The minimum atomic E-state index is 0.0373. The second-order valence-electron chi connectivity index (χ2n) is 6.39. The molecule has 0 unspecified atom stereocenters. The molecule has 3 rings (SSSR count). The highest BCUT2D eigenvalue weighted by Gasteiger charge is 2.12. The second kappa shape index (κ2) is 6.48. The number of fused-ring (bicyclic) bond motifs is 1. The molecule has 0 radical (unpaired) electrons. The summed E-state index contributed by atoms with van der Waals surface area (Å²) >= 11 is 0. The third kappa shape index (κ3) is 3.18. The predicted molar refractivity (Wildman–Crippen MR) is 97.5 cm³/mol. The van der Waals surface area contributed by atoms with Gasteiger partial charge in [-0.2, -0.15) is 0 Å². The van der Waals surface area contributed by atoms with Crippen molar-refractivity contribution >= 4 is 17.2 Å². The number of anilines is 1. The van der Waals surface area contributed by atoms with Crippen LogP contribution >= 0.6 is 0 Å². The summed E-state index contributed by atoms with van der Waals surface area (Å²) < 4.78 is 2.06. The van der Waals surface area contributed by atoms with Crippen LogP contribution in [0.25, 0.3) is 5.65 Å². The lowest BCUT2D eigenvalue weighted by Crippen LogP contribution is -2.15. The van der Waals surface area contributed by atoms with Gasteiger partial charge in [-0.3, -0.25) is 4.79 Å². The lowest BCUT2D eigenvalue weighted by molar-refractivity contribution is -0.116. The zero-order chi connectivity index (χ0) is 17.3. The van der Waals surface area contributed by atoms with E-state index in [9.17, 15) is 4.79 Å². The number of amides is 1. The SMILES string of the molecule is Cc1cc(C)c(NC(=O)CCc2c(C)nc3ccccn23)c(C)c1. The Bertz CT molecular complexity index is 885. The van der Waals surface area contributed by atoms with Crippen LogP contribution in [0.3, 0.4) is 0 Å². The van der Waals surface area contributed by atoms with Crippen molar-refractivity contribution in [3.8, 4) is 0 Å². The number of aryl methyl sites for hydroxylation is 5. The van der Waals surface area contributed by atoms with Crippen LogP contribution in [0.1, 0.15) is 34.5 Å². The average Bonchev–Trinajstić information content (AvgIpc) is 2.84. The Morgan fingerprint density at radius 3 is 2.54 bits per heavy atom. The van der Waals surface area contributed by atoms with Gasteiger partial charge in [0, 0.05) is 24.0 Å². The Morgan fingerprint density at radius 1 is 1.12 bits per heavy atom. The predicted octanol–water partition coefficient (Wildman–Crippen LogP) is 4.14. The molecule has 24 heavy (non-hydrogen) atoms. The van der Waals surface area contributed by atoms with Gasteiger partial charge in [-0.15, -0.1) is 0 Å². The summed E-state index contributed by atoms with van der Waals surface area (Å²) in [6.07, 6.45) is 3.11. The summed E-state index contributed by atoms with van der Waals surface area (Å²) in [5.41, 5.74) is 7.36. The number of nitrogens with zero attached hydrogens (tertiary/aromatic N) is 2. The number of pyridine rings is 1. The van der Waals surface area contributed by atoms with Crippen LogP contribution in [0.4, 0.5) is 5.69 Å². The Hall–Kier alpha value is -2.62. The summed E-state index contributed by atoms with van der Waals surface area (Å²) in [7, 11) is 0. The normalized spacial score (nSPS) is 11.0. The highest BCUT2D eigenvalue weighted by atomic mass is 16.1. The summed E-state index contributed by atoms with van der Waals surface area (Å²) in [5.74, 6) is 0.0373. The van der Waals surface area contributed by atoms with Crippen LogP contribution in [-0.4, -0.2) is 15.3 Å². The molecule has 0 saturated carbocycles. The molecule has 0 spiro atoms. The van der Waals surface area contributed by atoms with Gasteiger partial charge in [0.15, 0.2) is 0 Å². The monoisotopic (exact) mass is 321 g/mol. The minimum absolute atomic E-state index is 0.0373. The van der Waals surface area contributed by atoms with Gasteiger partial charge in [-0.05, 0) is 57.4 Å². The Labute approximate surface area is 142 Å². The molecule has 0 aliphatic carbocycles. The van der Waals surface area contributed by atoms with E-state index in [0.29, 0.717) is 12.8 Å². The van der Waals surface area contributed by atoms with Crippen molar-refractivity contribution < 1.29 is 4.79 Å². The van der Waals surface area contributed by atoms with Crippen LogP contribution < -0.4 is 5.32 Å². The fraction of sp³-hybridized carbons (Fsp3) is 0.300. The molecule has 1 aromatic carbocycles. The van der Waals surface area contributed by atoms with Crippen molar-refractivity contribution in [2.24, 2.45) is 0 Å². The fourth-order valence-corrected chi connectivity index (χ4v) is 3.28. The van der Waals surface area contributed by atoms with Crippen molar-refractivity contribution in [1.82, 2.24) is 9.38 Å². The third-order valence-electron chi connectivity index (χ3n) is 4.36. The first-order valence-corrected chi connectivity index (χ1v) is 8.26. The van der Waals surface area contributed by atoms with Crippen molar-refractivity contribution in [2.45, 2.75) is 40.5 Å². The molecule has 124 valence electrons. The molecule has 4 nitrogen and oxygen atoms in total. The van der Waals surface area contributed by atoms with Gasteiger partial charge >= 0.3 is 0 Å². The molecule has 4 heteroatoms. The number of benzene rings is 1. The zero-order valence-electron chi connectivity index (χ0n) is 14.7. The third-order valence-corrected chi connectivity index (χ3v) is 4.36. The number of rotatable bonds is 4. The second-order valence-corrected chi connectivity index (χ2v) is 6.39. The maximum absolute atomic E-state index is 12.4. The molecule has 0 bridgehead atoms. The number of carbonyl (C=O) groups is 1. The van der Waals surface area contributed by atoms with Crippen molar-refractivity contribution in [2.75, 3.05) is 5.32 Å². The van der Waals surface area contributed by atoms with Gasteiger partial charge in [-0.1, -0.05) is 23.8 Å². The first-order chi connectivity index (χ1) is 11.5. The molecule has 0 fully saturated rings. The van der Waals surface area contributed by atoms with Crippen LogP contribution in [0.15, 0.2) is 36.5 Å². The molecule has 0 aliphatic heterocycles. The lowest BCUT2D eigenvalue weighted by Gasteiger charge is -2.13. The summed E-state index contributed by atoms with van der Waals surface area (Å²) in [5, 5.41) is 3.07. The topological polar surface area (TPSA) is 46.4 Å². The molecule has 0 atom stereocenters. The summed E-state index contributed by atoms with van der Waals surface area (Å²) in [6, 6.07) is 10.1. The maximum atomic E-state index is 12.4. The number of hydrogen-bond donors (Lipinski definition) is 1. The number of nitrogens with one attached hydrogen (secondary N) is 1. The first-order valence-electron chi connectivity index (χ1n) is 8.26. The molecule has 1 N–H and O–H groups in total. The Kier molecular flexibility index (Phi) is 4.38. The van der Waals surface area contributed by atoms with E-state index >= 15 is 0 Å². The van der Waals surface area contributed by atoms with Gasteiger partial charge in [0.05, 0.1) is 5.69 Å². The molecule has 1 amide bonds. The van der Waals surface area contributed by atoms with Crippen molar-refractivity contribution in [1.29, 1.82) is 0 Å². The van der Waals surface area contributed by atoms with Crippen LogP contribution in [0.5, 0.6) is 0 Å². The number of imidazole rings is 1. The molecule has 3 aromatic rings. The van der Waals surface area contributed by atoms with Gasteiger partial charge in [0.2, 0.25) is 5.91 Å². The number of hydrogen-bond acceptors (Lipinski definition) is 2. The smallest absolute Gasteiger partial charge is 0.224 e. The molecule has 0 saturated heterocycles. The average molecular weight is 321 g/mol. The van der Waals surface area contributed by atoms with Crippen molar-refractivity contribution in [3.63, 3.8) is 0 Å². The Morgan fingerprint density at radius 2 is 1.83 bits per heavy atom. The highest BCUT2D eigenvalue weighted by Crippen LogP contribution is 2.22. The molecule has 2 heterocycles. The van der Waals surface area contributed by atoms with Crippen LogP contribution in [0.2, 0.25) is 0 Å². The highest BCUT2D eigenvalue weighted by molar-refractivity contribution is 5.92. The van der Waals surface area contributed by atoms with Gasteiger partial charge < -0.3 is 9.72 Å². The first kappa shape index (κ1) is 16.2. The number of aromatic nitrogens is 2. The maximum Gasteiger partial charge on any atom is 0.224 e. The number of carbonyl (C=O) groups excluding carboxylic acids is 1. The van der Waals surface area contributed by atoms with Crippen LogP contribution in [0, 0.1) is 27.7 Å². The van der Waals surface area contributed by atoms with E-state index in [4.69, 9.17) is 0 Å². The molecule has 0 aliphatic rings. The van der Waals surface area contributed by atoms with Crippen LogP contribution in [-0.2, 0) is 11.2 Å². The summed E-state index contributed by atoms with van der Waals surface area (Å²) in [6.45, 7) is 8.13. The van der Waals surface area contributed by atoms with Gasteiger partial charge in [0.1, 0.15) is 5.65 Å². The van der Waals surface area contributed by atoms with E-state index < -0.39 is 0 Å². The van der Waals surface area contributed by atoms with Gasteiger partial charge in [-0.25, -0.2) is 4.98 Å². The van der Waals surface area contributed by atoms with E-state index in [1.54, 1.807) is 0 Å².